The molecular formula is C13H20FN3O. The highest BCUT2D eigenvalue weighted by Crippen LogP contribution is 2.24. The molecule has 0 aliphatic carbocycles. The number of hydrogen-bond acceptors (Lipinski definition) is 4. The third-order valence-electron chi connectivity index (χ3n) is 3.09. The SMILES string of the molecule is CC(F)(Cc1ccnc(N)c1)CC1COCCN1. The van der Waals surface area contributed by atoms with Gasteiger partial charge in [0, 0.05) is 25.2 Å². The van der Waals surface area contributed by atoms with Crippen LogP contribution in [-0.4, -0.2) is 36.5 Å². The molecule has 18 heavy (non-hydrogen) atoms. The van der Waals surface area contributed by atoms with Crippen molar-refractivity contribution < 1.29 is 9.13 Å². The lowest BCUT2D eigenvalue weighted by atomic mass is 9.91. The molecule has 2 heterocycles. The van der Waals surface area contributed by atoms with Crippen molar-refractivity contribution in [2.75, 3.05) is 25.5 Å². The number of anilines is 1. The van der Waals surface area contributed by atoms with Gasteiger partial charge in [-0.1, -0.05) is 0 Å². The first-order valence-corrected chi connectivity index (χ1v) is 6.26. The molecule has 1 aliphatic heterocycles. The molecule has 5 heteroatoms. The van der Waals surface area contributed by atoms with E-state index in [0.717, 1.165) is 12.1 Å². The summed E-state index contributed by atoms with van der Waals surface area (Å²) in [5.74, 6) is 0.433. The van der Waals surface area contributed by atoms with Crippen LogP contribution in [0, 0.1) is 0 Å². The number of alkyl halides is 1. The Bertz CT molecular complexity index is 392. The summed E-state index contributed by atoms with van der Waals surface area (Å²) in [5, 5.41) is 3.27. The summed E-state index contributed by atoms with van der Waals surface area (Å²) in [6, 6.07) is 3.62. The summed E-state index contributed by atoms with van der Waals surface area (Å²) in [6.45, 7) is 3.71. The van der Waals surface area contributed by atoms with Crippen LogP contribution in [0.15, 0.2) is 18.3 Å². The Morgan fingerprint density at radius 3 is 3.17 bits per heavy atom. The molecule has 0 spiro atoms. The number of morpholine rings is 1. The Morgan fingerprint density at radius 1 is 1.67 bits per heavy atom. The monoisotopic (exact) mass is 253 g/mol. The average Bonchev–Trinajstić information content (AvgIpc) is 2.28. The van der Waals surface area contributed by atoms with Gasteiger partial charge in [0.1, 0.15) is 11.5 Å². The molecule has 0 radical (unpaired) electrons. The lowest BCUT2D eigenvalue weighted by Crippen LogP contribution is -2.45. The molecule has 1 fully saturated rings. The smallest absolute Gasteiger partial charge is 0.123 e. The Labute approximate surface area is 107 Å². The number of aromatic nitrogens is 1. The standard InChI is InChI=1S/C13H20FN3O/c1-13(14,8-11-9-18-5-4-16-11)7-10-2-3-17-12(15)6-10/h2-3,6,11,16H,4-5,7-9H2,1H3,(H2,15,17). The Hall–Kier alpha value is -1.20. The van der Waals surface area contributed by atoms with Crippen molar-refractivity contribution in [2.45, 2.75) is 31.5 Å². The summed E-state index contributed by atoms with van der Waals surface area (Å²) in [6.07, 6.45) is 2.40. The van der Waals surface area contributed by atoms with Crippen molar-refractivity contribution >= 4 is 5.82 Å². The van der Waals surface area contributed by atoms with Gasteiger partial charge >= 0.3 is 0 Å². The number of ether oxygens (including phenoxy) is 1. The van der Waals surface area contributed by atoms with E-state index >= 15 is 0 Å². The highest BCUT2D eigenvalue weighted by molar-refractivity contribution is 5.32. The van der Waals surface area contributed by atoms with Crippen molar-refractivity contribution in [1.82, 2.24) is 10.3 Å². The van der Waals surface area contributed by atoms with Crippen LogP contribution in [0.4, 0.5) is 10.2 Å². The summed E-state index contributed by atoms with van der Waals surface area (Å²) < 4.78 is 19.9. The number of nitrogens with one attached hydrogen (secondary N) is 1. The number of nitrogens with two attached hydrogens (primary N) is 1. The molecule has 2 rings (SSSR count). The lowest BCUT2D eigenvalue weighted by Gasteiger charge is -2.30. The van der Waals surface area contributed by atoms with E-state index in [1.807, 2.05) is 0 Å². The molecule has 0 amide bonds. The number of rotatable bonds is 4. The van der Waals surface area contributed by atoms with E-state index in [1.165, 1.54) is 0 Å². The van der Waals surface area contributed by atoms with E-state index in [0.29, 0.717) is 31.9 Å². The van der Waals surface area contributed by atoms with Crippen molar-refractivity contribution in [1.29, 1.82) is 0 Å². The second kappa shape index (κ2) is 5.63. The van der Waals surface area contributed by atoms with Crippen LogP contribution < -0.4 is 11.1 Å². The van der Waals surface area contributed by atoms with Gasteiger partial charge in [-0.05, 0) is 31.0 Å². The molecule has 0 saturated carbocycles. The van der Waals surface area contributed by atoms with Crippen LogP contribution in [0.1, 0.15) is 18.9 Å². The van der Waals surface area contributed by atoms with Gasteiger partial charge in [-0.3, -0.25) is 0 Å². The zero-order valence-electron chi connectivity index (χ0n) is 10.7. The molecule has 100 valence electrons. The van der Waals surface area contributed by atoms with E-state index in [4.69, 9.17) is 10.5 Å². The van der Waals surface area contributed by atoms with Gasteiger partial charge in [0.15, 0.2) is 0 Å². The summed E-state index contributed by atoms with van der Waals surface area (Å²) in [5.41, 5.74) is 5.20. The van der Waals surface area contributed by atoms with Crippen LogP contribution in [0.2, 0.25) is 0 Å². The van der Waals surface area contributed by atoms with Crippen molar-refractivity contribution in [3.8, 4) is 0 Å². The van der Waals surface area contributed by atoms with Gasteiger partial charge in [-0.2, -0.15) is 0 Å². The van der Waals surface area contributed by atoms with Crippen LogP contribution >= 0.6 is 0 Å². The number of halogens is 1. The summed E-state index contributed by atoms with van der Waals surface area (Å²) in [7, 11) is 0. The van der Waals surface area contributed by atoms with E-state index < -0.39 is 5.67 Å². The fourth-order valence-corrected chi connectivity index (χ4v) is 2.37. The Balaban J connectivity index is 1.93. The third kappa shape index (κ3) is 3.92. The van der Waals surface area contributed by atoms with Crippen LogP contribution in [-0.2, 0) is 11.2 Å². The molecule has 1 aromatic rings. The van der Waals surface area contributed by atoms with E-state index in [9.17, 15) is 4.39 Å². The minimum Gasteiger partial charge on any atom is -0.384 e. The Morgan fingerprint density at radius 2 is 2.50 bits per heavy atom. The zero-order valence-corrected chi connectivity index (χ0v) is 10.7. The molecular weight excluding hydrogens is 233 g/mol. The molecule has 4 nitrogen and oxygen atoms in total. The highest BCUT2D eigenvalue weighted by atomic mass is 19.1. The lowest BCUT2D eigenvalue weighted by molar-refractivity contribution is 0.0483. The molecule has 3 N–H and O–H groups in total. The maximum Gasteiger partial charge on any atom is 0.123 e. The number of nitrogens with zero attached hydrogens (tertiary/aromatic N) is 1. The zero-order chi connectivity index (χ0) is 13.0. The summed E-state index contributed by atoms with van der Waals surface area (Å²) >= 11 is 0. The molecule has 1 saturated heterocycles. The van der Waals surface area contributed by atoms with Gasteiger partial charge < -0.3 is 15.8 Å². The molecule has 1 aromatic heterocycles. The quantitative estimate of drug-likeness (QED) is 0.849. The second-order valence-electron chi connectivity index (χ2n) is 5.11. The predicted octanol–water partition coefficient (Wildman–Crippen LogP) is 1.31. The fourth-order valence-electron chi connectivity index (χ4n) is 2.37. The normalized spacial score (nSPS) is 23.6. The van der Waals surface area contributed by atoms with E-state index in [1.54, 1.807) is 25.3 Å². The molecule has 2 unspecified atom stereocenters. The van der Waals surface area contributed by atoms with Gasteiger partial charge in [-0.25, -0.2) is 9.37 Å². The van der Waals surface area contributed by atoms with Crippen LogP contribution in [0.25, 0.3) is 0 Å². The predicted molar refractivity (Wildman–Crippen MR) is 69.1 cm³/mol. The molecule has 0 bridgehead atoms. The molecule has 1 aliphatic rings. The Kier molecular flexibility index (Phi) is 4.14. The number of pyridine rings is 1. The first-order valence-electron chi connectivity index (χ1n) is 6.26. The average molecular weight is 253 g/mol. The fraction of sp³-hybridized carbons (Fsp3) is 0.615. The van der Waals surface area contributed by atoms with Crippen molar-refractivity contribution in [3.05, 3.63) is 23.9 Å². The maximum atomic E-state index is 14.5. The van der Waals surface area contributed by atoms with Gasteiger partial charge in [0.25, 0.3) is 0 Å². The van der Waals surface area contributed by atoms with Crippen molar-refractivity contribution in [3.63, 3.8) is 0 Å². The maximum absolute atomic E-state index is 14.5. The topological polar surface area (TPSA) is 60.2 Å². The molecule has 0 aromatic carbocycles. The second-order valence-corrected chi connectivity index (χ2v) is 5.11. The van der Waals surface area contributed by atoms with Gasteiger partial charge in [0.05, 0.1) is 13.2 Å². The van der Waals surface area contributed by atoms with Crippen LogP contribution in [0.5, 0.6) is 0 Å². The van der Waals surface area contributed by atoms with Gasteiger partial charge in [-0.15, -0.1) is 0 Å². The summed E-state index contributed by atoms with van der Waals surface area (Å²) in [4.78, 5) is 3.91. The van der Waals surface area contributed by atoms with E-state index in [2.05, 4.69) is 10.3 Å². The van der Waals surface area contributed by atoms with Crippen molar-refractivity contribution in [2.24, 2.45) is 0 Å². The van der Waals surface area contributed by atoms with Gasteiger partial charge in [0.2, 0.25) is 0 Å². The first kappa shape index (κ1) is 13.2. The molecule has 2 atom stereocenters. The van der Waals surface area contributed by atoms with E-state index in [-0.39, 0.29) is 6.04 Å². The third-order valence-corrected chi connectivity index (χ3v) is 3.09. The largest absolute Gasteiger partial charge is 0.384 e. The highest BCUT2D eigenvalue weighted by Gasteiger charge is 2.29. The minimum atomic E-state index is -1.27. The number of nitrogen functional groups attached to an aromatic ring is 1. The first-order chi connectivity index (χ1) is 8.55. The van der Waals surface area contributed by atoms with Crippen LogP contribution in [0.3, 0.4) is 0 Å². The number of hydrogen-bond donors (Lipinski definition) is 2. The minimum absolute atomic E-state index is 0.0907.